The Bertz CT molecular complexity index is 593. The fourth-order valence-electron chi connectivity index (χ4n) is 1.51. The lowest BCUT2D eigenvalue weighted by atomic mass is 10.2. The summed E-state index contributed by atoms with van der Waals surface area (Å²) in [6, 6.07) is 5.66. The van der Waals surface area contributed by atoms with Crippen LogP contribution in [0.3, 0.4) is 0 Å². The predicted molar refractivity (Wildman–Crippen MR) is 65.8 cm³/mol. The highest BCUT2D eigenvalue weighted by Crippen LogP contribution is 2.35. The molecule has 0 saturated carbocycles. The minimum atomic E-state index is -4.65. The molecule has 108 valence electrons. The van der Waals surface area contributed by atoms with Gasteiger partial charge in [0.2, 0.25) is 5.16 Å². The highest BCUT2D eigenvalue weighted by Gasteiger charge is 2.38. The first-order chi connectivity index (χ1) is 9.29. The van der Waals surface area contributed by atoms with Gasteiger partial charge in [0.25, 0.3) is 5.82 Å². The molecule has 0 amide bonds. The van der Waals surface area contributed by atoms with E-state index in [9.17, 15) is 17.6 Å². The van der Waals surface area contributed by atoms with Gasteiger partial charge in [-0.05, 0) is 24.6 Å². The summed E-state index contributed by atoms with van der Waals surface area (Å²) < 4.78 is 50.7. The van der Waals surface area contributed by atoms with E-state index in [1.54, 1.807) is 19.1 Å². The second-order valence-corrected chi connectivity index (χ2v) is 5.29. The van der Waals surface area contributed by atoms with Crippen LogP contribution in [-0.2, 0) is 6.18 Å². The summed E-state index contributed by atoms with van der Waals surface area (Å²) >= 11 is 1.01. The van der Waals surface area contributed by atoms with Gasteiger partial charge in [-0.1, -0.05) is 23.9 Å². The minimum Gasteiger partial charge on any atom is -0.335 e. The van der Waals surface area contributed by atoms with Gasteiger partial charge in [-0.3, -0.25) is 0 Å². The first kappa shape index (κ1) is 14.6. The van der Waals surface area contributed by atoms with Crippen molar-refractivity contribution in [1.82, 2.24) is 14.9 Å². The number of nitrogens with zero attached hydrogens (tertiary/aromatic N) is 3. The molecule has 2 rings (SSSR count). The number of hydrogen-bond acceptors (Lipinski definition) is 4. The second kappa shape index (κ2) is 5.31. The molecule has 0 fully saturated rings. The zero-order valence-corrected chi connectivity index (χ0v) is 11.0. The van der Waals surface area contributed by atoms with Gasteiger partial charge < -0.3 is 5.84 Å². The molecule has 0 saturated heterocycles. The topological polar surface area (TPSA) is 56.7 Å². The molecule has 1 unspecified atom stereocenters. The van der Waals surface area contributed by atoms with Gasteiger partial charge in [-0.2, -0.15) is 13.2 Å². The largest absolute Gasteiger partial charge is 0.453 e. The quantitative estimate of drug-likeness (QED) is 0.538. The van der Waals surface area contributed by atoms with E-state index < -0.39 is 12.0 Å². The van der Waals surface area contributed by atoms with E-state index in [0.717, 1.165) is 17.3 Å². The summed E-state index contributed by atoms with van der Waals surface area (Å²) in [4.78, 5) is 0. The Labute approximate surface area is 116 Å². The number of aromatic nitrogens is 3. The molecule has 20 heavy (non-hydrogen) atoms. The normalized spacial score (nSPS) is 13.4. The summed E-state index contributed by atoms with van der Waals surface area (Å²) in [5.74, 6) is 3.69. The van der Waals surface area contributed by atoms with E-state index >= 15 is 0 Å². The third-order valence-corrected chi connectivity index (χ3v) is 3.65. The van der Waals surface area contributed by atoms with Gasteiger partial charge in [-0.25, -0.2) is 9.07 Å². The number of benzene rings is 1. The first-order valence-corrected chi connectivity index (χ1v) is 6.37. The van der Waals surface area contributed by atoms with Gasteiger partial charge in [0.1, 0.15) is 5.82 Å². The number of thioether (sulfide) groups is 1. The number of halogens is 4. The summed E-state index contributed by atoms with van der Waals surface area (Å²) in [6.45, 7) is 1.75. The Morgan fingerprint density at radius 3 is 2.30 bits per heavy atom. The van der Waals surface area contributed by atoms with Crippen molar-refractivity contribution in [1.29, 1.82) is 0 Å². The molecule has 1 atom stereocenters. The monoisotopic (exact) mass is 306 g/mol. The van der Waals surface area contributed by atoms with E-state index in [2.05, 4.69) is 10.2 Å². The van der Waals surface area contributed by atoms with Gasteiger partial charge in [-0.15, -0.1) is 10.2 Å². The first-order valence-electron chi connectivity index (χ1n) is 5.49. The fourth-order valence-corrected chi connectivity index (χ4v) is 2.41. The van der Waals surface area contributed by atoms with Crippen molar-refractivity contribution in [3.63, 3.8) is 0 Å². The third kappa shape index (κ3) is 3.03. The smallest absolute Gasteiger partial charge is 0.335 e. The van der Waals surface area contributed by atoms with Crippen LogP contribution in [0.4, 0.5) is 17.6 Å². The average molecular weight is 306 g/mol. The predicted octanol–water partition coefficient (Wildman–Crippen LogP) is 3.00. The number of rotatable bonds is 3. The van der Waals surface area contributed by atoms with Crippen LogP contribution in [0.25, 0.3) is 0 Å². The molecule has 0 aliphatic rings. The van der Waals surface area contributed by atoms with Gasteiger partial charge >= 0.3 is 6.18 Å². The van der Waals surface area contributed by atoms with Crippen LogP contribution in [0, 0.1) is 5.82 Å². The molecule has 0 aliphatic carbocycles. The van der Waals surface area contributed by atoms with Gasteiger partial charge in [0, 0.05) is 5.25 Å². The highest BCUT2D eigenvalue weighted by atomic mass is 32.2. The molecule has 1 heterocycles. The molecule has 0 radical (unpaired) electrons. The lowest BCUT2D eigenvalue weighted by Crippen LogP contribution is -2.21. The maximum Gasteiger partial charge on any atom is 0.453 e. The Balaban J connectivity index is 2.18. The molecule has 2 aromatic rings. The van der Waals surface area contributed by atoms with Crippen molar-refractivity contribution < 1.29 is 17.6 Å². The van der Waals surface area contributed by atoms with Crippen molar-refractivity contribution in [2.24, 2.45) is 0 Å². The van der Waals surface area contributed by atoms with E-state index in [1.165, 1.54) is 12.1 Å². The fraction of sp³-hybridized carbons (Fsp3) is 0.273. The lowest BCUT2D eigenvalue weighted by Gasteiger charge is -2.11. The SMILES string of the molecule is CC(Sc1nnc(C(F)(F)F)n1N)c1ccc(F)cc1. The average Bonchev–Trinajstić information content (AvgIpc) is 2.71. The lowest BCUT2D eigenvalue weighted by molar-refractivity contribution is -0.146. The summed E-state index contributed by atoms with van der Waals surface area (Å²) in [7, 11) is 0. The zero-order valence-electron chi connectivity index (χ0n) is 10.2. The Hall–Kier alpha value is -1.77. The summed E-state index contributed by atoms with van der Waals surface area (Å²) in [6.07, 6.45) is -4.65. The van der Waals surface area contributed by atoms with Crippen LogP contribution < -0.4 is 5.84 Å². The van der Waals surface area contributed by atoms with Crippen LogP contribution in [0.2, 0.25) is 0 Å². The molecule has 9 heteroatoms. The van der Waals surface area contributed by atoms with Crippen LogP contribution >= 0.6 is 11.8 Å². The molecular weight excluding hydrogens is 296 g/mol. The third-order valence-electron chi connectivity index (χ3n) is 2.54. The van der Waals surface area contributed by atoms with Crippen LogP contribution in [-0.4, -0.2) is 14.9 Å². The number of alkyl halides is 3. The number of nitrogen functional groups attached to an aromatic ring is 1. The van der Waals surface area contributed by atoms with Crippen molar-refractivity contribution in [3.8, 4) is 0 Å². The van der Waals surface area contributed by atoms with E-state index in [-0.39, 0.29) is 16.2 Å². The van der Waals surface area contributed by atoms with Crippen molar-refractivity contribution in [3.05, 3.63) is 41.5 Å². The second-order valence-electron chi connectivity index (χ2n) is 3.99. The van der Waals surface area contributed by atoms with Gasteiger partial charge in [0.05, 0.1) is 0 Å². The van der Waals surface area contributed by atoms with E-state index in [1.807, 2.05) is 0 Å². The molecule has 1 aromatic heterocycles. The Morgan fingerprint density at radius 2 is 1.80 bits per heavy atom. The summed E-state index contributed by atoms with van der Waals surface area (Å²) in [5, 5.41) is 6.14. The number of hydrogen-bond donors (Lipinski definition) is 1. The molecule has 0 aliphatic heterocycles. The molecule has 2 N–H and O–H groups in total. The zero-order chi connectivity index (χ0) is 14.9. The van der Waals surface area contributed by atoms with Crippen molar-refractivity contribution >= 4 is 11.8 Å². The van der Waals surface area contributed by atoms with E-state index in [4.69, 9.17) is 5.84 Å². The van der Waals surface area contributed by atoms with Crippen LogP contribution in [0.5, 0.6) is 0 Å². The number of nitrogens with two attached hydrogens (primary N) is 1. The highest BCUT2D eigenvalue weighted by molar-refractivity contribution is 7.99. The molecule has 0 spiro atoms. The van der Waals surface area contributed by atoms with Crippen molar-refractivity contribution in [2.45, 2.75) is 23.5 Å². The van der Waals surface area contributed by atoms with Gasteiger partial charge in [0.15, 0.2) is 0 Å². The molecular formula is C11H10F4N4S. The minimum absolute atomic E-state index is 0.0610. The van der Waals surface area contributed by atoms with Crippen LogP contribution in [0.1, 0.15) is 23.6 Å². The molecule has 0 bridgehead atoms. The molecule has 4 nitrogen and oxygen atoms in total. The van der Waals surface area contributed by atoms with Crippen molar-refractivity contribution in [2.75, 3.05) is 5.84 Å². The molecule has 1 aromatic carbocycles. The maximum absolute atomic E-state index is 12.8. The maximum atomic E-state index is 12.8. The standard InChI is InChI=1S/C11H10F4N4S/c1-6(7-2-4-8(12)5-3-7)20-10-18-17-9(19(10)16)11(13,14)15/h2-6H,16H2,1H3. The van der Waals surface area contributed by atoms with Crippen LogP contribution in [0.15, 0.2) is 29.4 Å². The van der Waals surface area contributed by atoms with E-state index in [0.29, 0.717) is 4.68 Å². The Morgan fingerprint density at radius 1 is 1.20 bits per heavy atom. The Kier molecular flexibility index (Phi) is 3.89. The summed E-state index contributed by atoms with van der Waals surface area (Å²) in [5.41, 5.74) is 0.743.